The molecular formula is C15H10O6. The first-order chi connectivity index (χ1) is 9.91. The lowest BCUT2D eigenvalue weighted by Crippen LogP contribution is -2.29. The Kier molecular flexibility index (Phi) is 2.69. The average Bonchev–Trinajstić information content (AvgIpc) is 2.43. The average molecular weight is 286 g/mol. The number of benzene rings is 1. The van der Waals surface area contributed by atoms with E-state index in [4.69, 9.17) is 5.11 Å². The lowest BCUT2D eigenvalue weighted by Gasteiger charge is -2.26. The summed E-state index contributed by atoms with van der Waals surface area (Å²) in [5.74, 6) is -4.33. The number of Topliss-reactive ketones (excluding diaryl/α,β-unsaturated/α-hetero) is 2. The SMILES string of the molecule is O=C1C2=C(C(=O)c3c(O)cccc31)C(O)=CC(C(=O)O)C2. The zero-order chi connectivity index (χ0) is 15.3. The van der Waals surface area contributed by atoms with Crippen LogP contribution >= 0.6 is 0 Å². The van der Waals surface area contributed by atoms with E-state index in [1.807, 2.05) is 0 Å². The Balaban J connectivity index is 2.21. The summed E-state index contributed by atoms with van der Waals surface area (Å²) in [5, 5.41) is 28.7. The predicted octanol–water partition coefficient (Wildman–Crippen LogP) is 1.61. The van der Waals surface area contributed by atoms with E-state index < -0.39 is 29.2 Å². The molecule has 2 aliphatic rings. The van der Waals surface area contributed by atoms with Gasteiger partial charge in [-0.3, -0.25) is 14.4 Å². The number of aliphatic hydroxyl groups excluding tert-OH is 1. The first-order valence-corrected chi connectivity index (χ1v) is 6.20. The number of fused-ring (bicyclic) bond motifs is 1. The number of ketones is 2. The molecular weight excluding hydrogens is 276 g/mol. The van der Waals surface area contributed by atoms with Crippen LogP contribution in [0.15, 0.2) is 41.2 Å². The number of hydrogen-bond donors (Lipinski definition) is 3. The number of phenols is 1. The highest BCUT2D eigenvalue weighted by Gasteiger charge is 2.40. The van der Waals surface area contributed by atoms with Gasteiger partial charge in [-0.25, -0.2) is 0 Å². The lowest BCUT2D eigenvalue weighted by atomic mass is 9.76. The number of rotatable bonds is 1. The summed E-state index contributed by atoms with van der Waals surface area (Å²) >= 11 is 0. The van der Waals surface area contributed by atoms with Gasteiger partial charge in [-0.1, -0.05) is 12.1 Å². The van der Waals surface area contributed by atoms with Gasteiger partial charge >= 0.3 is 5.97 Å². The van der Waals surface area contributed by atoms with E-state index in [0.29, 0.717) is 0 Å². The largest absolute Gasteiger partial charge is 0.507 e. The Bertz CT molecular complexity index is 768. The van der Waals surface area contributed by atoms with Crippen molar-refractivity contribution in [3.63, 3.8) is 0 Å². The molecule has 0 aromatic heterocycles. The van der Waals surface area contributed by atoms with Crippen LogP contribution in [0.2, 0.25) is 0 Å². The maximum absolute atomic E-state index is 12.4. The summed E-state index contributed by atoms with van der Waals surface area (Å²) in [4.78, 5) is 35.8. The van der Waals surface area contributed by atoms with Gasteiger partial charge in [0.05, 0.1) is 17.1 Å². The summed E-state index contributed by atoms with van der Waals surface area (Å²) in [6.45, 7) is 0. The topological polar surface area (TPSA) is 112 Å². The van der Waals surface area contributed by atoms with E-state index in [0.717, 1.165) is 6.08 Å². The normalized spacial score (nSPS) is 20.8. The number of aliphatic hydroxyl groups is 1. The van der Waals surface area contributed by atoms with Gasteiger partial charge < -0.3 is 15.3 Å². The second-order valence-electron chi connectivity index (χ2n) is 4.91. The van der Waals surface area contributed by atoms with Gasteiger partial charge in [0, 0.05) is 11.1 Å². The molecule has 6 heteroatoms. The fraction of sp³-hybridized carbons (Fsp3) is 0.133. The Morgan fingerprint density at radius 3 is 2.52 bits per heavy atom. The molecule has 0 saturated carbocycles. The van der Waals surface area contributed by atoms with Crippen molar-refractivity contribution in [3.8, 4) is 5.75 Å². The number of aliphatic carboxylic acids is 1. The van der Waals surface area contributed by atoms with Crippen molar-refractivity contribution in [1.82, 2.24) is 0 Å². The molecule has 0 amide bonds. The van der Waals surface area contributed by atoms with Gasteiger partial charge in [-0.15, -0.1) is 0 Å². The van der Waals surface area contributed by atoms with Gasteiger partial charge in [0.2, 0.25) is 5.78 Å². The number of carbonyl (C=O) groups excluding carboxylic acids is 2. The summed E-state index contributed by atoms with van der Waals surface area (Å²) < 4.78 is 0. The van der Waals surface area contributed by atoms with Crippen molar-refractivity contribution in [1.29, 1.82) is 0 Å². The molecule has 0 aliphatic heterocycles. The molecule has 21 heavy (non-hydrogen) atoms. The van der Waals surface area contributed by atoms with E-state index in [1.165, 1.54) is 18.2 Å². The second kappa shape index (κ2) is 4.31. The van der Waals surface area contributed by atoms with Crippen molar-refractivity contribution in [2.24, 2.45) is 5.92 Å². The molecule has 0 bridgehead atoms. The van der Waals surface area contributed by atoms with E-state index in [1.54, 1.807) is 0 Å². The Morgan fingerprint density at radius 2 is 1.86 bits per heavy atom. The zero-order valence-corrected chi connectivity index (χ0v) is 10.7. The number of carboxylic acids is 1. The molecule has 1 aromatic carbocycles. The maximum Gasteiger partial charge on any atom is 0.310 e. The van der Waals surface area contributed by atoms with Crippen LogP contribution in [0, 0.1) is 5.92 Å². The Hall–Kier alpha value is -2.89. The maximum atomic E-state index is 12.4. The van der Waals surface area contributed by atoms with Crippen molar-refractivity contribution >= 4 is 17.5 Å². The van der Waals surface area contributed by atoms with Gasteiger partial charge in [-0.05, 0) is 18.6 Å². The second-order valence-corrected chi connectivity index (χ2v) is 4.91. The van der Waals surface area contributed by atoms with E-state index >= 15 is 0 Å². The number of hydrogen-bond acceptors (Lipinski definition) is 5. The molecule has 0 saturated heterocycles. The number of carboxylic acid groups (broad SMARTS) is 1. The molecule has 6 nitrogen and oxygen atoms in total. The number of allylic oxidation sites excluding steroid dienone is 2. The molecule has 0 heterocycles. The van der Waals surface area contributed by atoms with Gasteiger partial charge in [0.1, 0.15) is 11.5 Å². The molecule has 106 valence electrons. The van der Waals surface area contributed by atoms with Crippen LogP contribution in [0.5, 0.6) is 5.75 Å². The van der Waals surface area contributed by atoms with Crippen molar-refractivity contribution < 1.29 is 29.7 Å². The van der Waals surface area contributed by atoms with Crippen molar-refractivity contribution in [2.45, 2.75) is 6.42 Å². The van der Waals surface area contributed by atoms with Crippen LogP contribution in [0.4, 0.5) is 0 Å². The Labute approximate surface area is 118 Å². The third-order valence-electron chi connectivity index (χ3n) is 3.67. The fourth-order valence-electron chi connectivity index (χ4n) is 2.68. The quantitative estimate of drug-likeness (QED) is 0.723. The third-order valence-corrected chi connectivity index (χ3v) is 3.67. The van der Waals surface area contributed by atoms with E-state index in [-0.39, 0.29) is 34.4 Å². The van der Waals surface area contributed by atoms with Crippen molar-refractivity contribution in [2.75, 3.05) is 0 Å². The van der Waals surface area contributed by atoms with Gasteiger partial charge in [0.25, 0.3) is 0 Å². The highest BCUT2D eigenvalue weighted by atomic mass is 16.4. The third kappa shape index (κ3) is 1.76. The molecule has 0 fully saturated rings. The minimum atomic E-state index is -1.19. The zero-order valence-electron chi connectivity index (χ0n) is 10.7. The summed E-state index contributed by atoms with van der Waals surface area (Å²) in [6, 6.07) is 4.10. The van der Waals surface area contributed by atoms with Crippen LogP contribution in [-0.2, 0) is 4.79 Å². The number of aromatic hydroxyl groups is 1. The lowest BCUT2D eigenvalue weighted by molar-refractivity contribution is -0.140. The molecule has 3 N–H and O–H groups in total. The van der Waals surface area contributed by atoms with Gasteiger partial charge in [0.15, 0.2) is 5.78 Å². The molecule has 0 radical (unpaired) electrons. The fourth-order valence-corrected chi connectivity index (χ4v) is 2.68. The summed E-state index contributed by atoms with van der Waals surface area (Å²) in [7, 11) is 0. The van der Waals surface area contributed by atoms with Crippen LogP contribution in [0.3, 0.4) is 0 Å². The van der Waals surface area contributed by atoms with E-state index in [2.05, 4.69) is 0 Å². The van der Waals surface area contributed by atoms with Crippen LogP contribution < -0.4 is 0 Å². The highest BCUT2D eigenvalue weighted by molar-refractivity contribution is 6.29. The standard InChI is InChI=1S/C15H10O6/c16-9-3-1-2-7-11(9)14(19)12-8(13(7)18)4-6(15(20)21)5-10(12)17/h1-3,5-6,16-17H,4H2,(H,20,21). The highest BCUT2D eigenvalue weighted by Crippen LogP contribution is 2.39. The molecule has 1 aromatic rings. The van der Waals surface area contributed by atoms with Crippen LogP contribution in [0.25, 0.3) is 0 Å². The summed E-state index contributed by atoms with van der Waals surface area (Å²) in [5.41, 5.74) is -0.371. The van der Waals surface area contributed by atoms with Crippen LogP contribution in [0.1, 0.15) is 27.1 Å². The minimum Gasteiger partial charge on any atom is -0.507 e. The molecule has 1 unspecified atom stereocenters. The molecule has 1 atom stereocenters. The van der Waals surface area contributed by atoms with Crippen LogP contribution in [-0.4, -0.2) is 32.9 Å². The molecule has 2 aliphatic carbocycles. The molecule has 3 rings (SSSR count). The monoisotopic (exact) mass is 286 g/mol. The first-order valence-electron chi connectivity index (χ1n) is 6.20. The van der Waals surface area contributed by atoms with E-state index in [9.17, 15) is 24.6 Å². The predicted molar refractivity (Wildman–Crippen MR) is 70.2 cm³/mol. The minimum absolute atomic E-state index is 0.0227. The molecule has 0 spiro atoms. The summed E-state index contributed by atoms with van der Waals surface area (Å²) in [6.07, 6.45) is 0.881. The number of phenolic OH excluding ortho intramolecular Hbond substituents is 1. The van der Waals surface area contributed by atoms with Crippen molar-refractivity contribution in [3.05, 3.63) is 52.3 Å². The smallest absolute Gasteiger partial charge is 0.310 e. The first kappa shape index (κ1) is 13.1. The number of carbonyl (C=O) groups is 3. The Morgan fingerprint density at radius 1 is 1.14 bits per heavy atom. The van der Waals surface area contributed by atoms with Gasteiger partial charge in [-0.2, -0.15) is 0 Å².